The molecule has 4 fully saturated rings. The van der Waals surface area contributed by atoms with Crippen LogP contribution in [0.3, 0.4) is 0 Å². The third kappa shape index (κ3) is 3.46. The molecular weight excluding hydrogens is 362 g/mol. The van der Waals surface area contributed by atoms with Gasteiger partial charge in [-0.05, 0) is 86.0 Å². The summed E-state index contributed by atoms with van der Waals surface area (Å²) in [5.74, 6) is 3.09. The van der Waals surface area contributed by atoms with Crippen molar-refractivity contribution in [3.05, 3.63) is 22.6 Å². The number of carbonyl (C=O) groups excluding carboxylic acids is 2. The van der Waals surface area contributed by atoms with Gasteiger partial charge in [-0.25, -0.2) is 0 Å². The van der Waals surface area contributed by atoms with Gasteiger partial charge >= 0.3 is 0 Å². The van der Waals surface area contributed by atoms with E-state index in [2.05, 4.69) is 36.0 Å². The second-order valence-corrected chi connectivity index (χ2v) is 10.6. The number of hydrogen-bond acceptors (Lipinski definition) is 3. The molecular formula is C24H35N3O2. The summed E-state index contributed by atoms with van der Waals surface area (Å²) in [4.78, 5) is 28.7. The van der Waals surface area contributed by atoms with Crippen molar-refractivity contribution in [2.45, 2.75) is 78.1 Å². The Labute approximate surface area is 174 Å². The minimum atomic E-state index is -0.153. The van der Waals surface area contributed by atoms with E-state index in [1.165, 1.54) is 0 Å². The van der Waals surface area contributed by atoms with Crippen molar-refractivity contribution in [3.63, 3.8) is 0 Å². The van der Waals surface area contributed by atoms with E-state index in [9.17, 15) is 9.59 Å². The van der Waals surface area contributed by atoms with Gasteiger partial charge in [0.2, 0.25) is 0 Å². The maximum absolute atomic E-state index is 13.3. The lowest BCUT2D eigenvalue weighted by Crippen LogP contribution is -2.56. The molecule has 29 heavy (non-hydrogen) atoms. The first-order valence-electron chi connectivity index (χ1n) is 11.6. The molecule has 0 spiro atoms. The third-order valence-corrected chi connectivity index (χ3v) is 9.31. The number of azide groups is 1. The van der Waals surface area contributed by atoms with E-state index >= 15 is 0 Å². The summed E-state index contributed by atoms with van der Waals surface area (Å²) >= 11 is 0. The van der Waals surface area contributed by atoms with Crippen LogP contribution in [0.5, 0.6) is 0 Å². The lowest BCUT2D eigenvalue weighted by atomic mass is 9.44. The van der Waals surface area contributed by atoms with Crippen molar-refractivity contribution in [2.75, 3.05) is 6.54 Å². The average molecular weight is 398 g/mol. The van der Waals surface area contributed by atoms with Crippen molar-refractivity contribution < 1.29 is 9.59 Å². The standard InChI is InChI=1S/C24H35N3O2/c1-23-11-9-16(6-4-3-5-13-26-27-25)14-20(23)21(28)15-17-18-7-8-22(29)24(18,2)12-10-19(17)23/h4,6,16-20H,3,5,7-15H2,1-2H3/b6-4-/t16-,17-,18-,19-,20?,23+,24-/m0/s1. The predicted molar refractivity (Wildman–Crippen MR) is 113 cm³/mol. The molecule has 7 atom stereocenters. The Hall–Kier alpha value is -1.61. The van der Waals surface area contributed by atoms with E-state index in [0.717, 1.165) is 57.8 Å². The van der Waals surface area contributed by atoms with Crippen molar-refractivity contribution in [1.82, 2.24) is 0 Å². The molecule has 0 N–H and O–H groups in total. The fraction of sp³-hybridized carbons (Fsp3) is 0.833. The molecule has 0 aliphatic heterocycles. The van der Waals surface area contributed by atoms with E-state index < -0.39 is 0 Å². The Morgan fingerprint density at radius 2 is 2.00 bits per heavy atom. The van der Waals surface area contributed by atoms with Crippen molar-refractivity contribution in [3.8, 4) is 0 Å². The normalized spacial score (nSPS) is 44.1. The van der Waals surface area contributed by atoms with E-state index in [-0.39, 0.29) is 16.7 Å². The van der Waals surface area contributed by atoms with Crippen LogP contribution in [-0.4, -0.2) is 18.1 Å². The highest BCUT2D eigenvalue weighted by Crippen LogP contribution is 2.65. The first-order valence-corrected chi connectivity index (χ1v) is 11.6. The number of nitrogens with zero attached hydrogens (tertiary/aromatic N) is 3. The molecule has 4 rings (SSSR count). The molecule has 4 aliphatic rings. The zero-order valence-corrected chi connectivity index (χ0v) is 18.0. The summed E-state index contributed by atoms with van der Waals surface area (Å²) in [6, 6.07) is 0. The van der Waals surface area contributed by atoms with E-state index in [4.69, 9.17) is 5.53 Å². The van der Waals surface area contributed by atoms with Gasteiger partial charge < -0.3 is 0 Å². The highest BCUT2D eigenvalue weighted by molar-refractivity contribution is 5.88. The highest BCUT2D eigenvalue weighted by atomic mass is 16.1. The predicted octanol–water partition coefficient (Wildman–Crippen LogP) is 6.04. The summed E-state index contributed by atoms with van der Waals surface area (Å²) in [5.41, 5.74) is 8.31. The summed E-state index contributed by atoms with van der Waals surface area (Å²) in [7, 11) is 0. The zero-order valence-electron chi connectivity index (χ0n) is 18.0. The van der Waals surface area contributed by atoms with Crippen molar-refractivity contribution in [2.24, 2.45) is 45.5 Å². The Bertz CT molecular complexity index is 755. The quantitative estimate of drug-likeness (QED) is 0.186. The molecule has 0 radical (unpaired) electrons. The Kier molecular flexibility index (Phi) is 5.63. The van der Waals surface area contributed by atoms with Crippen LogP contribution in [0.2, 0.25) is 0 Å². The maximum Gasteiger partial charge on any atom is 0.139 e. The fourth-order valence-corrected chi connectivity index (χ4v) is 7.63. The first-order chi connectivity index (χ1) is 13.9. The number of rotatable bonds is 5. The van der Waals surface area contributed by atoms with E-state index in [1.54, 1.807) is 0 Å². The van der Waals surface area contributed by atoms with Crippen LogP contribution in [0, 0.1) is 40.4 Å². The summed E-state index contributed by atoms with van der Waals surface area (Å²) in [5, 5.41) is 3.58. The fourth-order valence-electron chi connectivity index (χ4n) is 7.63. The van der Waals surface area contributed by atoms with E-state index in [0.29, 0.717) is 48.2 Å². The van der Waals surface area contributed by atoms with Crippen molar-refractivity contribution >= 4 is 11.6 Å². The van der Waals surface area contributed by atoms with Gasteiger partial charge in [-0.3, -0.25) is 9.59 Å². The van der Waals surface area contributed by atoms with Crippen LogP contribution in [0.25, 0.3) is 10.4 Å². The molecule has 158 valence electrons. The molecule has 0 amide bonds. The molecule has 1 unspecified atom stereocenters. The second-order valence-electron chi connectivity index (χ2n) is 10.6. The largest absolute Gasteiger partial charge is 0.299 e. The minimum absolute atomic E-state index is 0.124. The number of hydrogen-bond donors (Lipinski definition) is 0. The van der Waals surface area contributed by atoms with Crippen molar-refractivity contribution in [1.29, 1.82) is 0 Å². The molecule has 5 nitrogen and oxygen atoms in total. The smallest absolute Gasteiger partial charge is 0.139 e. The molecule has 0 bridgehead atoms. The molecule has 0 heterocycles. The molecule has 4 aliphatic carbocycles. The number of Topliss-reactive ketones (excluding diaryl/α,β-unsaturated/α-hetero) is 2. The molecule has 0 aromatic heterocycles. The van der Waals surface area contributed by atoms with Gasteiger partial charge in [0.05, 0.1) is 0 Å². The minimum Gasteiger partial charge on any atom is -0.299 e. The molecule has 5 heteroatoms. The summed E-state index contributed by atoms with van der Waals surface area (Å²) in [6.45, 7) is 5.13. The summed E-state index contributed by atoms with van der Waals surface area (Å²) < 4.78 is 0. The van der Waals surface area contributed by atoms with Crippen LogP contribution < -0.4 is 0 Å². The van der Waals surface area contributed by atoms with Gasteiger partial charge in [-0.15, -0.1) is 0 Å². The van der Waals surface area contributed by atoms with E-state index in [1.807, 2.05) is 0 Å². The number of ketones is 2. The second kappa shape index (κ2) is 7.91. The highest BCUT2D eigenvalue weighted by Gasteiger charge is 2.62. The maximum atomic E-state index is 13.3. The van der Waals surface area contributed by atoms with Gasteiger partial charge in [-0.1, -0.05) is 31.1 Å². The average Bonchev–Trinajstić information content (AvgIpc) is 3.00. The lowest BCUT2D eigenvalue weighted by molar-refractivity contribution is -0.157. The van der Waals surface area contributed by atoms with Crippen LogP contribution in [0.1, 0.15) is 78.1 Å². The number of carbonyl (C=O) groups is 2. The number of fused-ring (bicyclic) bond motifs is 5. The monoisotopic (exact) mass is 397 g/mol. The van der Waals surface area contributed by atoms with Gasteiger partial charge in [0.15, 0.2) is 0 Å². The van der Waals surface area contributed by atoms with Crippen LogP contribution in [0.4, 0.5) is 0 Å². The lowest BCUT2D eigenvalue weighted by Gasteiger charge is -2.59. The van der Waals surface area contributed by atoms with Gasteiger partial charge in [0.25, 0.3) is 0 Å². The summed E-state index contributed by atoms with van der Waals surface area (Å²) in [6.07, 6.45) is 14.2. The molecule has 4 saturated carbocycles. The third-order valence-electron chi connectivity index (χ3n) is 9.31. The SMILES string of the molecule is C[C@]12CC[C@H](/C=C\CCCN=[N+]=[N-])CC1C(=O)C[C@@H]1[C@@H]2CC[C@]2(C)C(=O)CC[C@@H]12. The van der Waals surface area contributed by atoms with Gasteiger partial charge in [0.1, 0.15) is 11.6 Å². The molecule has 0 aromatic carbocycles. The van der Waals surface area contributed by atoms with Crippen LogP contribution >= 0.6 is 0 Å². The van der Waals surface area contributed by atoms with Gasteiger partial charge in [-0.2, -0.15) is 0 Å². The Morgan fingerprint density at radius 1 is 1.17 bits per heavy atom. The number of unbranched alkanes of at least 4 members (excludes halogenated alkanes) is 1. The van der Waals surface area contributed by atoms with Crippen LogP contribution in [-0.2, 0) is 9.59 Å². The van der Waals surface area contributed by atoms with Crippen LogP contribution in [0.15, 0.2) is 17.3 Å². The molecule has 0 saturated heterocycles. The Balaban J connectivity index is 1.44. The zero-order chi connectivity index (χ0) is 20.6. The Morgan fingerprint density at radius 3 is 2.79 bits per heavy atom. The molecule has 0 aromatic rings. The topological polar surface area (TPSA) is 82.9 Å². The first kappa shape index (κ1) is 20.7. The number of allylic oxidation sites excluding steroid dienone is 2. The van der Waals surface area contributed by atoms with Gasteiger partial charge in [0, 0.05) is 35.6 Å².